The Morgan fingerprint density at radius 2 is 1.75 bits per heavy atom. The van der Waals surface area contributed by atoms with Crippen molar-refractivity contribution in [1.82, 2.24) is 0 Å². The predicted molar refractivity (Wildman–Crippen MR) is 74.1 cm³/mol. The molecule has 2 N–H and O–H groups in total. The minimum atomic E-state index is 0.230. The zero-order valence-corrected chi connectivity index (χ0v) is 11.6. The second-order valence-corrected chi connectivity index (χ2v) is 6.90. The molecule has 0 saturated heterocycles. The highest BCUT2D eigenvalue weighted by Gasteiger charge is 2.18. The number of hydrogen-bond donors (Lipinski definition) is 1. The van der Waals surface area contributed by atoms with Crippen molar-refractivity contribution in [2.45, 2.75) is 49.7 Å². The molecule has 0 saturated carbocycles. The zero-order chi connectivity index (χ0) is 12.2. The molecule has 0 spiro atoms. The van der Waals surface area contributed by atoms with E-state index < -0.39 is 0 Å². The third-order valence-corrected chi connectivity index (χ3v) is 3.95. The molecule has 1 aromatic rings. The van der Waals surface area contributed by atoms with Crippen LogP contribution in [-0.4, -0.2) is 11.3 Å². The van der Waals surface area contributed by atoms with Crippen LogP contribution in [-0.2, 0) is 0 Å². The summed E-state index contributed by atoms with van der Waals surface area (Å²) in [5.74, 6) is 0.608. The van der Waals surface area contributed by atoms with E-state index in [9.17, 15) is 0 Å². The van der Waals surface area contributed by atoms with Gasteiger partial charge in [-0.15, -0.1) is 11.8 Å². The van der Waals surface area contributed by atoms with Crippen molar-refractivity contribution in [2.24, 2.45) is 5.73 Å². The molecule has 16 heavy (non-hydrogen) atoms. The molecule has 0 heterocycles. The fourth-order valence-corrected chi connectivity index (χ4v) is 2.77. The van der Waals surface area contributed by atoms with E-state index in [1.807, 2.05) is 11.8 Å². The standard InChI is InChI=1S/C14H23NS/c1-11(2)12-5-7-13(8-6-12)16-14(3,4)9-10-15/h5-8,11H,9-10,15H2,1-4H3. The zero-order valence-electron chi connectivity index (χ0n) is 10.8. The number of thioether (sulfide) groups is 1. The van der Waals surface area contributed by atoms with Gasteiger partial charge in [0.1, 0.15) is 0 Å². The molecular weight excluding hydrogens is 214 g/mol. The normalized spacial score (nSPS) is 12.1. The molecule has 1 nitrogen and oxygen atoms in total. The largest absolute Gasteiger partial charge is 0.330 e. The summed E-state index contributed by atoms with van der Waals surface area (Å²) in [6.45, 7) is 9.70. The van der Waals surface area contributed by atoms with E-state index in [1.165, 1.54) is 10.5 Å². The van der Waals surface area contributed by atoms with Crippen molar-refractivity contribution in [1.29, 1.82) is 0 Å². The summed E-state index contributed by atoms with van der Waals surface area (Å²) in [6, 6.07) is 8.90. The van der Waals surface area contributed by atoms with Crippen LogP contribution in [0.3, 0.4) is 0 Å². The van der Waals surface area contributed by atoms with E-state index in [0.717, 1.165) is 13.0 Å². The topological polar surface area (TPSA) is 26.0 Å². The average molecular weight is 237 g/mol. The molecule has 90 valence electrons. The Morgan fingerprint density at radius 1 is 1.19 bits per heavy atom. The molecule has 0 aliphatic rings. The lowest BCUT2D eigenvalue weighted by atomic mass is 10.0. The van der Waals surface area contributed by atoms with Crippen LogP contribution in [0.4, 0.5) is 0 Å². The third kappa shape index (κ3) is 4.18. The number of nitrogens with two attached hydrogens (primary N) is 1. The minimum Gasteiger partial charge on any atom is -0.330 e. The molecule has 2 heteroatoms. The summed E-state index contributed by atoms with van der Waals surface area (Å²) in [4.78, 5) is 1.34. The summed E-state index contributed by atoms with van der Waals surface area (Å²) in [5.41, 5.74) is 7.02. The Kier molecular flexibility index (Phi) is 4.88. The molecule has 1 aromatic carbocycles. The van der Waals surface area contributed by atoms with Gasteiger partial charge in [0.2, 0.25) is 0 Å². The molecule has 0 bridgehead atoms. The average Bonchev–Trinajstić information content (AvgIpc) is 2.17. The Hall–Kier alpha value is -0.470. The van der Waals surface area contributed by atoms with Gasteiger partial charge in [-0.05, 0) is 36.6 Å². The van der Waals surface area contributed by atoms with Crippen LogP contribution in [0.25, 0.3) is 0 Å². The van der Waals surface area contributed by atoms with Crippen molar-refractivity contribution in [3.8, 4) is 0 Å². The molecule has 0 atom stereocenters. The van der Waals surface area contributed by atoms with Gasteiger partial charge >= 0.3 is 0 Å². The van der Waals surface area contributed by atoms with Crippen LogP contribution in [0.5, 0.6) is 0 Å². The highest BCUT2D eigenvalue weighted by atomic mass is 32.2. The molecule has 0 fully saturated rings. The molecule has 0 aliphatic heterocycles. The molecule has 0 radical (unpaired) electrons. The number of rotatable bonds is 5. The first-order valence-electron chi connectivity index (χ1n) is 5.93. The maximum Gasteiger partial charge on any atom is 0.0162 e. The third-order valence-electron chi connectivity index (χ3n) is 2.69. The first-order valence-corrected chi connectivity index (χ1v) is 6.75. The molecule has 0 unspecified atom stereocenters. The monoisotopic (exact) mass is 237 g/mol. The van der Waals surface area contributed by atoms with E-state index in [-0.39, 0.29) is 4.75 Å². The summed E-state index contributed by atoms with van der Waals surface area (Å²) in [6.07, 6.45) is 1.05. The van der Waals surface area contributed by atoms with Crippen LogP contribution in [0.15, 0.2) is 29.2 Å². The van der Waals surface area contributed by atoms with E-state index >= 15 is 0 Å². The van der Waals surface area contributed by atoms with Gasteiger partial charge in [0.25, 0.3) is 0 Å². The van der Waals surface area contributed by atoms with Gasteiger partial charge in [0.15, 0.2) is 0 Å². The fourth-order valence-electron chi connectivity index (χ4n) is 1.64. The fraction of sp³-hybridized carbons (Fsp3) is 0.571. The van der Waals surface area contributed by atoms with Crippen LogP contribution < -0.4 is 5.73 Å². The summed E-state index contributed by atoms with van der Waals surface area (Å²) in [7, 11) is 0. The van der Waals surface area contributed by atoms with Gasteiger partial charge in [0, 0.05) is 9.64 Å². The summed E-state index contributed by atoms with van der Waals surface area (Å²) >= 11 is 1.91. The van der Waals surface area contributed by atoms with Crippen molar-refractivity contribution in [2.75, 3.05) is 6.54 Å². The van der Waals surface area contributed by atoms with E-state index in [4.69, 9.17) is 5.73 Å². The lowest BCUT2D eigenvalue weighted by Gasteiger charge is -2.23. The quantitative estimate of drug-likeness (QED) is 0.782. The first-order chi connectivity index (χ1) is 7.44. The molecule has 0 aromatic heterocycles. The predicted octanol–water partition coefficient (Wildman–Crippen LogP) is 4.03. The molecule has 1 rings (SSSR count). The second-order valence-electron chi connectivity index (χ2n) is 5.12. The Balaban J connectivity index is 2.68. The van der Waals surface area contributed by atoms with E-state index in [1.54, 1.807) is 0 Å². The lowest BCUT2D eigenvalue weighted by molar-refractivity contribution is 0.649. The molecule has 0 aliphatic carbocycles. The Labute approximate surface area is 104 Å². The van der Waals surface area contributed by atoms with Gasteiger partial charge in [-0.3, -0.25) is 0 Å². The van der Waals surface area contributed by atoms with Crippen LogP contribution in [0, 0.1) is 0 Å². The first kappa shape index (κ1) is 13.6. The second kappa shape index (κ2) is 5.74. The lowest BCUT2D eigenvalue weighted by Crippen LogP contribution is -2.19. The van der Waals surface area contributed by atoms with Gasteiger partial charge in [0.05, 0.1) is 0 Å². The van der Waals surface area contributed by atoms with Crippen molar-refractivity contribution < 1.29 is 0 Å². The van der Waals surface area contributed by atoms with Crippen LogP contribution in [0.2, 0.25) is 0 Å². The Morgan fingerprint density at radius 3 is 2.19 bits per heavy atom. The van der Waals surface area contributed by atoms with E-state index in [0.29, 0.717) is 5.92 Å². The summed E-state index contributed by atoms with van der Waals surface area (Å²) in [5, 5.41) is 0. The van der Waals surface area contributed by atoms with E-state index in [2.05, 4.69) is 52.0 Å². The van der Waals surface area contributed by atoms with Crippen molar-refractivity contribution in [3.63, 3.8) is 0 Å². The van der Waals surface area contributed by atoms with Crippen LogP contribution in [0.1, 0.15) is 45.6 Å². The van der Waals surface area contributed by atoms with Crippen LogP contribution >= 0.6 is 11.8 Å². The minimum absolute atomic E-state index is 0.230. The van der Waals surface area contributed by atoms with Gasteiger partial charge < -0.3 is 5.73 Å². The maximum atomic E-state index is 5.62. The number of hydrogen-bond acceptors (Lipinski definition) is 2. The highest BCUT2D eigenvalue weighted by Crippen LogP contribution is 2.35. The van der Waals surface area contributed by atoms with Crippen molar-refractivity contribution in [3.05, 3.63) is 29.8 Å². The SMILES string of the molecule is CC(C)c1ccc(SC(C)(C)CCN)cc1. The van der Waals surface area contributed by atoms with Gasteiger partial charge in [-0.25, -0.2) is 0 Å². The maximum absolute atomic E-state index is 5.62. The Bertz CT molecular complexity index is 314. The molecule has 0 amide bonds. The molecular formula is C14H23NS. The number of benzene rings is 1. The summed E-state index contributed by atoms with van der Waals surface area (Å²) < 4.78 is 0.230. The highest BCUT2D eigenvalue weighted by molar-refractivity contribution is 8.00. The van der Waals surface area contributed by atoms with Gasteiger partial charge in [-0.1, -0.05) is 39.8 Å². The smallest absolute Gasteiger partial charge is 0.0162 e. The van der Waals surface area contributed by atoms with Crippen molar-refractivity contribution >= 4 is 11.8 Å². The van der Waals surface area contributed by atoms with Gasteiger partial charge in [-0.2, -0.15) is 0 Å².